The molecule has 0 atom stereocenters. The number of hydrogen-bond acceptors (Lipinski definition) is 2. The van der Waals surface area contributed by atoms with E-state index < -0.39 is 0 Å². The minimum Gasteiger partial charge on any atom is -0.310 e. The molecular formula is C79H72N2. The van der Waals surface area contributed by atoms with E-state index in [0.29, 0.717) is 0 Å². The van der Waals surface area contributed by atoms with Crippen LogP contribution >= 0.6 is 0 Å². The monoisotopic (exact) mass is 1050 g/mol. The van der Waals surface area contributed by atoms with Crippen molar-refractivity contribution >= 4 is 58.4 Å². The van der Waals surface area contributed by atoms with Gasteiger partial charge in [0, 0.05) is 50.4 Å². The molecule has 81 heavy (non-hydrogen) atoms. The molecule has 0 fully saturated rings. The fourth-order valence-electron chi connectivity index (χ4n) is 14.2. The maximum atomic E-state index is 2.48. The molecule has 13 rings (SSSR count). The van der Waals surface area contributed by atoms with Gasteiger partial charge >= 0.3 is 0 Å². The highest BCUT2D eigenvalue weighted by atomic mass is 15.2. The van der Waals surface area contributed by atoms with Crippen molar-refractivity contribution in [1.29, 1.82) is 0 Å². The lowest BCUT2D eigenvalue weighted by Crippen LogP contribution is -2.23. The van der Waals surface area contributed by atoms with E-state index in [1.165, 1.54) is 145 Å². The Kier molecular flexibility index (Phi) is 12.7. The molecule has 3 aliphatic carbocycles. The molecule has 0 spiro atoms. The van der Waals surface area contributed by atoms with Crippen LogP contribution in [-0.2, 0) is 16.2 Å². The van der Waals surface area contributed by atoms with Crippen molar-refractivity contribution < 1.29 is 0 Å². The molecule has 10 aromatic carbocycles. The van der Waals surface area contributed by atoms with Crippen LogP contribution in [0.3, 0.4) is 0 Å². The summed E-state index contributed by atoms with van der Waals surface area (Å²) in [5.74, 6) is 0. The van der Waals surface area contributed by atoms with Crippen LogP contribution in [-0.4, -0.2) is 0 Å². The second kappa shape index (κ2) is 19.8. The van der Waals surface area contributed by atoms with Gasteiger partial charge < -0.3 is 9.80 Å². The molecule has 10 aromatic rings. The van der Waals surface area contributed by atoms with Crippen molar-refractivity contribution in [2.75, 3.05) is 9.80 Å². The highest BCUT2D eigenvalue weighted by molar-refractivity contribution is 5.91. The molecule has 0 heterocycles. The van der Waals surface area contributed by atoms with E-state index in [4.69, 9.17) is 0 Å². The third kappa shape index (κ3) is 8.44. The Morgan fingerprint density at radius 2 is 0.543 bits per heavy atom. The third-order valence-electron chi connectivity index (χ3n) is 18.9. The van der Waals surface area contributed by atoms with E-state index in [2.05, 4.69) is 310 Å². The largest absolute Gasteiger partial charge is 0.310 e. The van der Waals surface area contributed by atoms with Gasteiger partial charge in [-0.3, -0.25) is 0 Å². The molecule has 2 nitrogen and oxygen atoms in total. The summed E-state index contributed by atoms with van der Waals surface area (Å²) in [4.78, 5) is 4.88. The van der Waals surface area contributed by atoms with Gasteiger partial charge in [-0.2, -0.15) is 0 Å². The molecular weight excluding hydrogens is 977 g/mol. The number of fused-ring (bicyclic) bond motifs is 9. The molecule has 3 aliphatic rings. The minimum absolute atomic E-state index is 0.0647. The number of nitrogens with zero attached hydrogens (tertiary/aromatic N) is 2. The molecule has 0 N–H and O–H groups in total. The highest BCUT2D eigenvalue weighted by Crippen LogP contribution is 2.56. The van der Waals surface area contributed by atoms with E-state index in [0.717, 1.165) is 12.8 Å². The van der Waals surface area contributed by atoms with Crippen LogP contribution in [0.5, 0.6) is 0 Å². The van der Waals surface area contributed by atoms with Crippen LogP contribution in [0.25, 0.3) is 57.7 Å². The summed E-state index contributed by atoms with van der Waals surface area (Å²) in [6.45, 7) is 23.2. The van der Waals surface area contributed by atoms with Gasteiger partial charge in [0.1, 0.15) is 0 Å². The summed E-state index contributed by atoms with van der Waals surface area (Å²) in [7, 11) is 0. The van der Waals surface area contributed by atoms with E-state index in [9.17, 15) is 0 Å². The molecule has 0 aliphatic heterocycles. The van der Waals surface area contributed by atoms with E-state index in [1.807, 2.05) is 0 Å². The standard InChI is InChI=1S/C79H72N2/c1-11-79(12-2)71-47-57(31-29-55-33-39-61-63-43-37-59(49-69(63)77(7,8)67(61)45-55)80(73-25-17-13-21-51(73)3)74-26-18-14-22-52(74)4)35-41-65(71)66-42-36-58(48-72(66)79)32-30-56-34-40-62-64-44-38-60(50-70(64)78(9,10)68(62)46-56)81(75-27-19-15-23-53(75)5)76-28-20-16-24-54(76)6/h13-50H,11-12H2,1-10H3. The topological polar surface area (TPSA) is 6.48 Å². The average Bonchev–Trinajstić information content (AvgIpc) is 3.67. The van der Waals surface area contributed by atoms with Gasteiger partial charge in [0.25, 0.3) is 0 Å². The molecule has 0 unspecified atom stereocenters. The van der Waals surface area contributed by atoms with Gasteiger partial charge in [0.05, 0.1) is 0 Å². The van der Waals surface area contributed by atoms with Crippen molar-refractivity contribution in [3.63, 3.8) is 0 Å². The van der Waals surface area contributed by atoms with Crippen molar-refractivity contribution in [3.05, 3.63) is 284 Å². The lowest BCUT2D eigenvalue weighted by atomic mass is 9.73. The van der Waals surface area contributed by atoms with Crippen molar-refractivity contribution in [3.8, 4) is 33.4 Å². The fourth-order valence-corrected chi connectivity index (χ4v) is 14.2. The normalized spacial score (nSPS) is 14.6. The molecule has 0 amide bonds. The van der Waals surface area contributed by atoms with Gasteiger partial charge in [0.2, 0.25) is 0 Å². The number of rotatable bonds is 12. The summed E-state index contributed by atoms with van der Waals surface area (Å²) in [6.07, 6.45) is 11.4. The van der Waals surface area contributed by atoms with E-state index in [-0.39, 0.29) is 16.2 Å². The summed E-state index contributed by atoms with van der Waals surface area (Å²) in [6, 6.07) is 77.6. The molecule has 2 heteroatoms. The van der Waals surface area contributed by atoms with Crippen LogP contribution in [0, 0.1) is 27.7 Å². The molecule has 0 saturated carbocycles. The number of anilines is 6. The Morgan fingerprint density at radius 1 is 0.296 bits per heavy atom. The maximum Gasteiger partial charge on any atom is 0.0490 e. The second-order valence-electron chi connectivity index (χ2n) is 24.2. The smallest absolute Gasteiger partial charge is 0.0490 e. The van der Waals surface area contributed by atoms with E-state index >= 15 is 0 Å². The fraction of sp³-hybridized carbons (Fsp3) is 0.190. The van der Waals surface area contributed by atoms with Gasteiger partial charge in [-0.15, -0.1) is 0 Å². The minimum atomic E-state index is -0.174. The maximum absolute atomic E-state index is 2.48. The van der Waals surface area contributed by atoms with E-state index in [1.54, 1.807) is 0 Å². The lowest BCUT2D eigenvalue weighted by molar-refractivity contribution is 0.490. The summed E-state index contributed by atoms with van der Waals surface area (Å²) < 4.78 is 0. The molecule has 398 valence electrons. The van der Waals surface area contributed by atoms with Crippen molar-refractivity contribution in [1.82, 2.24) is 0 Å². The predicted molar refractivity (Wildman–Crippen MR) is 347 cm³/mol. The van der Waals surface area contributed by atoms with Crippen LogP contribution in [0.15, 0.2) is 206 Å². The van der Waals surface area contributed by atoms with Crippen molar-refractivity contribution in [2.24, 2.45) is 0 Å². The summed E-state index contributed by atoms with van der Waals surface area (Å²) in [5, 5.41) is 0. The first-order valence-electron chi connectivity index (χ1n) is 29.3. The Morgan fingerprint density at radius 3 is 0.827 bits per heavy atom. The lowest BCUT2D eigenvalue weighted by Gasteiger charge is -2.30. The van der Waals surface area contributed by atoms with Gasteiger partial charge in [-0.25, -0.2) is 0 Å². The highest BCUT2D eigenvalue weighted by Gasteiger charge is 2.41. The first-order chi connectivity index (χ1) is 39.2. The second-order valence-corrected chi connectivity index (χ2v) is 24.2. The first-order valence-corrected chi connectivity index (χ1v) is 29.3. The van der Waals surface area contributed by atoms with Crippen LogP contribution < -0.4 is 9.80 Å². The van der Waals surface area contributed by atoms with Crippen molar-refractivity contribution in [2.45, 2.75) is 98.3 Å². The zero-order valence-electron chi connectivity index (χ0n) is 48.7. The molecule has 0 radical (unpaired) electrons. The Bertz CT molecular complexity index is 3850. The molecule has 0 bridgehead atoms. The average molecular weight is 1050 g/mol. The number of aryl methyl sites for hydroxylation is 4. The Labute approximate surface area is 481 Å². The number of para-hydroxylation sites is 4. The molecule has 0 aromatic heterocycles. The van der Waals surface area contributed by atoms with Gasteiger partial charge in [-0.05, 0) is 200 Å². The zero-order chi connectivity index (χ0) is 56.0. The number of benzene rings is 10. The third-order valence-corrected chi connectivity index (χ3v) is 18.9. The summed E-state index contributed by atoms with van der Waals surface area (Å²) in [5.41, 5.74) is 33.1. The van der Waals surface area contributed by atoms with Gasteiger partial charge in [0.15, 0.2) is 0 Å². The van der Waals surface area contributed by atoms with Crippen LogP contribution in [0.2, 0.25) is 0 Å². The molecule has 0 saturated heterocycles. The number of hydrogen-bond donors (Lipinski definition) is 0. The first kappa shape index (κ1) is 51.7. The SMILES string of the molecule is CCC1(CC)c2cc(C=Cc3ccc4c(c3)C(C)(C)c3cc(N(c5ccccc5C)c5ccccc5C)ccc3-4)ccc2-c2ccc(C=Cc3ccc4c(c3)C(C)(C)c3cc(N(c5ccccc5C)c5ccccc5C)ccc3-4)cc21. The predicted octanol–water partition coefficient (Wildman–Crippen LogP) is 21.9. The zero-order valence-corrected chi connectivity index (χ0v) is 48.7. The van der Waals surface area contributed by atoms with Gasteiger partial charge in [-0.1, -0.05) is 224 Å². The summed E-state index contributed by atoms with van der Waals surface area (Å²) >= 11 is 0. The van der Waals surface area contributed by atoms with Crippen LogP contribution in [0.1, 0.15) is 132 Å². The quantitative estimate of drug-likeness (QED) is 0.113. The Balaban J connectivity index is 0.754. The Hall–Kier alpha value is -8.72. The van der Waals surface area contributed by atoms with Crippen LogP contribution in [0.4, 0.5) is 34.1 Å².